The molecule has 2 N–H and O–H groups in total. The number of fused-ring (bicyclic) bond motifs is 1. The van der Waals surface area contributed by atoms with Crippen molar-refractivity contribution in [1.29, 1.82) is 0 Å². The van der Waals surface area contributed by atoms with Crippen LogP contribution in [0.3, 0.4) is 0 Å². The number of hydroxylamine groups is 1. The predicted octanol–water partition coefficient (Wildman–Crippen LogP) is 3.37. The van der Waals surface area contributed by atoms with E-state index in [-0.39, 0.29) is 25.0 Å². The van der Waals surface area contributed by atoms with Crippen LogP contribution in [0.25, 0.3) is 10.8 Å². The van der Waals surface area contributed by atoms with Crippen LogP contribution < -0.4 is 10.2 Å². The van der Waals surface area contributed by atoms with Gasteiger partial charge in [-0.3, -0.25) is 14.8 Å². The molecule has 1 aliphatic rings. The fourth-order valence-corrected chi connectivity index (χ4v) is 4.07. The van der Waals surface area contributed by atoms with E-state index in [2.05, 4.69) is 11.9 Å². The molecule has 0 radical (unpaired) electrons. The molecule has 2 amide bonds. The molecule has 1 unspecified atom stereocenters. The number of amides is 2. The molecule has 1 atom stereocenters. The van der Waals surface area contributed by atoms with Gasteiger partial charge in [0.1, 0.15) is 12.4 Å². The number of likely N-dealkylation sites (tertiary alicyclic amines) is 1. The molecule has 1 aliphatic heterocycles. The van der Waals surface area contributed by atoms with Gasteiger partial charge in [0.25, 0.3) is 5.91 Å². The molecule has 0 aliphatic carbocycles. The number of rotatable bonds is 10. The quantitative estimate of drug-likeness (QED) is 0.257. The average molecular weight is 440 g/mol. The fraction of sp³-hybridized carbons (Fsp3) is 0.440. The van der Waals surface area contributed by atoms with Crippen LogP contribution in [0.4, 0.5) is 0 Å². The third kappa shape index (κ3) is 6.31. The monoisotopic (exact) mass is 439 g/mol. The van der Waals surface area contributed by atoms with Crippen LogP contribution in [-0.2, 0) is 9.59 Å². The van der Waals surface area contributed by atoms with Crippen molar-refractivity contribution in [3.8, 4) is 5.75 Å². The van der Waals surface area contributed by atoms with Gasteiger partial charge in [0.05, 0.1) is 5.57 Å². The molecule has 1 saturated heterocycles. The van der Waals surface area contributed by atoms with Crippen molar-refractivity contribution in [2.75, 3.05) is 33.8 Å². The Morgan fingerprint density at radius 3 is 2.75 bits per heavy atom. The number of carbonyl (C=O) groups excluding carboxylic acids is 2. The Morgan fingerprint density at radius 2 is 2.00 bits per heavy atom. The van der Waals surface area contributed by atoms with Gasteiger partial charge in [-0.2, -0.15) is 0 Å². The number of hydrogen-bond donors (Lipinski definition) is 2. The van der Waals surface area contributed by atoms with E-state index in [0.717, 1.165) is 42.5 Å². The van der Waals surface area contributed by atoms with Gasteiger partial charge in [-0.05, 0) is 50.7 Å². The highest BCUT2D eigenvalue weighted by Gasteiger charge is 2.28. The highest BCUT2D eigenvalue weighted by atomic mass is 16.5. The third-order valence-corrected chi connectivity index (χ3v) is 6.02. The zero-order valence-corrected chi connectivity index (χ0v) is 18.9. The molecule has 0 bridgehead atoms. The maximum absolute atomic E-state index is 13.3. The van der Waals surface area contributed by atoms with E-state index in [9.17, 15) is 9.59 Å². The number of benzene rings is 2. The highest BCUT2D eigenvalue weighted by Crippen LogP contribution is 2.26. The van der Waals surface area contributed by atoms with Gasteiger partial charge in [0.15, 0.2) is 0 Å². The summed E-state index contributed by atoms with van der Waals surface area (Å²) in [5.41, 5.74) is 2.27. The lowest BCUT2D eigenvalue weighted by Gasteiger charge is -2.26. The Hall–Kier alpha value is -2.90. The van der Waals surface area contributed by atoms with E-state index in [1.807, 2.05) is 60.5 Å². The van der Waals surface area contributed by atoms with Crippen molar-refractivity contribution < 1.29 is 19.5 Å². The third-order valence-electron chi connectivity index (χ3n) is 6.02. The predicted molar refractivity (Wildman–Crippen MR) is 125 cm³/mol. The molecule has 2 aromatic carbocycles. The summed E-state index contributed by atoms with van der Waals surface area (Å²) in [5.74, 6) is 0.345. The van der Waals surface area contributed by atoms with Crippen molar-refractivity contribution in [3.05, 3.63) is 54.1 Å². The molecule has 3 rings (SSSR count). The van der Waals surface area contributed by atoms with Crippen LogP contribution in [0, 0.1) is 0 Å². The number of hydrogen-bond acceptors (Lipinski definition) is 5. The minimum atomic E-state index is -0.394. The number of carbonyl (C=O) groups is 2. The Labute approximate surface area is 189 Å². The Bertz CT molecular complexity index is 954. The van der Waals surface area contributed by atoms with Gasteiger partial charge < -0.3 is 14.5 Å². The zero-order chi connectivity index (χ0) is 22.9. The molecule has 1 heterocycles. The van der Waals surface area contributed by atoms with Gasteiger partial charge in [0.2, 0.25) is 5.91 Å². The molecular formula is C25H33N3O4. The molecule has 32 heavy (non-hydrogen) atoms. The van der Waals surface area contributed by atoms with E-state index < -0.39 is 5.91 Å². The van der Waals surface area contributed by atoms with E-state index in [4.69, 9.17) is 9.94 Å². The summed E-state index contributed by atoms with van der Waals surface area (Å²) >= 11 is 0. The first-order chi connectivity index (χ1) is 15.5. The highest BCUT2D eigenvalue weighted by molar-refractivity contribution is 5.94. The number of allylic oxidation sites excluding steroid dienone is 1. The summed E-state index contributed by atoms with van der Waals surface area (Å²) in [7, 11) is 3.94. The van der Waals surface area contributed by atoms with Gasteiger partial charge in [-0.25, -0.2) is 5.48 Å². The number of nitrogens with one attached hydrogen (secondary N) is 1. The summed E-state index contributed by atoms with van der Waals surface area (Å²) in [6.45, 7) is 2.05. The lowest BCUT2D eigenvalue weighted by Crippen LogP contribution is -2.40. The zero-order valence-electron chi connectivity index (χ0n) is 18.9. The van der Waals surface area contributed by atoms with Crippen LogP contribution in [0.1, 0.15) is 32.1 Å². The summed E-state index contributed by atoms with van der Waals surface area (Å²) in [4.78, 5) is 28.6. The van der Waals surface area contributed by atoms with Crippen LogP contribution in [-0.4, -0.2) is 66.7 Å². The molecule has 2 aromatic rings. The molecule has 7 nitrogen and oxygen atoms in total. The molecule has 0 spiro atoms. The van der Waals surface area contributed by atoms with E-state index in [1.54, 1.807) is 5.48 Å². The summed E-state index contributed by atoms with van der Waals surface area (Å²) < 4.78 is 6.13. The van der Waals surface area contributed by atoms with Crippen molar-refractivity contribution in [1.82, 2.24) is 15.3 Å². The average Bonchev–Trinajstić information content (AvgIpc) is 3.25. The smallest absolute Gasteiger partial charge is 0.252 e. The lowest BCUT2D eigenvalue weighted by atomic mass is 10.1. The summed E-state index contributed by atoms with van der Waals surface area (Å²) in [6.07, 6.45) is 5.20. The van der Waals surface area contributed by atoms with Crippen LogP contribution in [0.2, 0.25) is 0 Å². The summed E-state index contributed by atoms with van der Waals surface area (Å²) in [6, 6.07) is 14.1. The van der Waals surface area contributed by atoms with Crippen molar-refractivity contribution >= 4 is 22.6 Å². The first-order valence-electron chi connectivity index (χ1n) is 11.2. The maximum Gasteiger partial charge on any atom is 0.252 e. The van der Waals surface area contributed by atoms with Crippen molar-refractivity contribution in [3.63, 3.8) is 0 Å². The first-order valence-corrected chi connectivity index (χ1v) is 11.2. The Kier molecular flexibility index (Phi) is 8.64. The fourth-order valence-electron chi connectivity index (χ4n) is 4.07. The van der Waals surface area contributed by atoms with Gasteiger partial charge >= 0.3 is 0 Å². The molecular weight excluding hydrogens is 406 g/mol. The Morgan fingerprint density at radius 1 is 1.22 bits per heavy atom. The standard InChI is InChI=1S/C25H33N3O4/c1-27-16-15-21(17-27)28(2)25(30)20(10-4-3-5-14-24(29)26-31)18-32-23-13-8-11-19-9-6-7-12-22(19)23/h6-13,21,31H,3-5,14-18H2,1-2H3,(H,26,29)/b20-10+. The minimum absolute atomic E-state index is 0.0152. The number of nitrogens with zero attached hydrogens (tertiary/aromatic N) is 2. The van der Waals surface area contributed by atoms with Gasteiger partial charge in [0, 0.05) is 31.4 Å². The second-order valence-electron chi connectivity index (χ2n) is 8.40. The minimum Gasteiger partial charge on any atom is -0.488 e. The molecule has 0 saturated carbocycles. The topological polar surface area (TPSA) is 82.1 Å². The first kappa shape index (κ1) is 23.8. The lowest BCUT2D eigenvalue weighted by molar-refractivity contribution is -0.129. The van der Waals surface area contributed by atoms with E-state index in [1.165, 1.54) is 0 Å². The number of unbranched alkanes of at least 4 members (excludes halogenated alkanes) is 2. The Balaban J connectivity index is 1.69. The maximum atomic E-state index is 13.3. The van der Waals surface area contributed by atoms with Gasteiger partial charge in [-0.1, -0.05) is 42.5 Å². The van der Waals surface area contributed by atoms with E-state index >= 15 is 0 Å². The van der Waals surface area contributed by atoms with Crippen LogP contribution >= 0.6 is 0 Å². The number of ether oxygens (including phenoxy) is 1. The van der Waals surface area contributed by atoms with Gasteiger partial charge in [-0.15, -0.1) is 0 Å². The van der Waals surface area contributed by atoms with Crippen LogP contribution in [0.5, 0.6) is 5.75 Å². The summed E-state index contributed by atoms with van der Waals surface area (Å²) in [5, 5.41) is 10.7. The second-order valence-corrected chi connectivity index (χ2v) is 8.40. The molecule has 0 aromatic heterocycles. The molecule has 1 fully saturated rings. The molecule has 172 valence electrons. The molecule has 7 heteroatoms. The largest absolute Gasteiger partial charge is 0.488 e. The number of likely N-dealkylation sites (N-methyl/N-ethyl adjacent to an activating group) is 2. The SMILES string of the molecule is CN1CCC(N(C)C(=O)/C(=C/CCCCC(=O)NO)COc2cccc3ccccc23)C1. The van der Waals surface area contributed by atoms with Crippen molar-refractivity contribution in [2.24, 2.45) is 0 Å². The van der Waals surface area contributed by atoms with Crippen molar-refractivity contribution in [2.45, 2.75) is 38.1 Å². The van der Waals surface area contributed by atoms with E-state index in [0.29, 0.717) is 18.4 Å². The normalized spacial score (nSPS) is 16.8. The van der Waals surface area contributed by atoms with Crippen LogP contribution in [0.15, 0.2) is 54.1 Å². The second kappa shape index (κ2) is 11.6.